The van der Waals surface area contributed by atoms with E-state index in [1.54, 1.807) is 42.1 Å². The van der Waals surface area contributed by atoms with Crippen LogP contribution in [0.5, 0.6) is 5.75 Å². The number of carbonyl (C=O) groups excluding carboxylic acids is 1. The van der Waals surface area contributed by atoms with Gasteiger partial charge >= 0.3 is 5.69 Å². The summed E-state index contributed by atoms with van der Waals surface area (Å²) >= 11 is 7.59. The average molecular weight is 408 g/mol. The Hall–Kier alpha value is -2.52. The molecule has 0 radical (unpaired) electrons. The zero-order chi connectivity index (χ0) is 19.6. The molecule has 3 aromatic rings. The van der Waals surface area contributed by atoms with Crippen molar-refractivity contribution >= 4 is 40.6 Å². The van der Waals surface area contributed by atoms with Crippen LogP contribution in [0.3, 0.4) is 0 Å². The molecule has 27 heavy (non-hydrogen) atoms. The maximum atomic E-state index is 12.5. The minimum atomic E-state index is -0.473. The predicted octanol–water partition coefficient (Wildman–Crippen LogP) is 2.69. The molecule has 2 aromatic heterocycles. The lowest BCUT2D eigenvalue weighted by Crippen LogP contribution is -2.28. The first-order valence-corrected chi connectivity index (χ1v) is 9.40. The van der Waals surface area contributed by atoms with E-state index in [4.69, 9.17) is 16.3 Å². The van der Waals surface area contributed by atoms with Crippen LogP contribution in [-0.4, -0.2) is 37.7 Å². The number of halogens is 1. The molecule has 1 amide bonds. The average Bonchev–Trinajstić information content (AvgIpc) is 2.90. The Morgan fingerprint density at radius 2 is 2.07 bits per heavy atom. The van der Waals surface area contributed by atoms with Gasteiger partial charge in [0.05, 0.1) is 12.1 Å². The molecular formula is C17H18ClN5O3S. The predicted molar refractivity (Wildman–Crippen MR) is 105 cm³/mol. The van der Waals surface area contributed by atoms with Gasteiger partial charge in [-0.1, -0.05) is 25.4 Å². The van der Waals surface area contributed by atoms with Gasteiger partial charge in [-0.25, -0.2) is 9.48 Å². The Labute approximate surface area is 164 Å². The molecular weight excluding hydrogens is 390 g/mol. The highest BCUT2D eigenvalue weighted by Gasteiger charge is 2.13. The van der Waals surface area contributed by atoms with Crippen LogP contribution in [0.15, 0.2) is 40.2 Å². The molecule has 0 aliphatic carbocycles. The molecule has 0 fully saturated rings. The molecule has 0 unspecified atom stereocenters. The van der Waals surface area contributed by atoms with Crippen LogP contribution in [0.25, 0.3) is 5.65 Å². The van der Waals surface area contributed by atoms with E-state index in [1.165, 1.54) is 11.6 Å². The summed E-state index contributed by atoms with van der Waals surface area (Å²) in [5.74, 6) is 0.103. The smallest absolute Gasteiger partial charge is 0.367 e. The number of nitrogens with zero attached hydrogens (tertiary/aromatic N) is 4. The Morgan fingerprint density at radius 1 is 1.30 bits per heavy atom. The van der Waals surface area contributed by atoms with Crippen molar-refractivity contribution in [1.29, 1.82) is 0 Å². The molecule has 0 atom stereocenters. The van der Waals surface area contributed by atoms with Crippen LogP contribution >= 0.6 is 23.4 Å². The third-order valence-corrected chi connectivity index (χ3v) is 4.73. The molecule has 142 valence electrons. The van der Waals surface area contributed by atoms with Crippen molar-refractivity contribution in [1.82, 2.24) is 19.4 Å². The van der Waals surface area contributed by atoms with Gasteiger partial charge in [0.25, 0.3) is 0 Å². The summed E-state index contributed by atoms with van der Waals surface area (Å²) in [7, 11) is 1.51. The van der Waals surface area contributed by atoms with E-state index in [1.807, 2.05) is 13.8 Å². The summed E-state index contributed by atoms with van der Waals surface area (Å²) in [4.78, 5) is 24.7. The Morgan fingerprint density at radius 3 is 2.74 bits per heavy atom. The van der Waals surface area contributed by atoms with Crippen molar-refractivity contribution in [3.05, 3.63) is 45.8 Å². The van der Waals surface area contributed by atoms with Crippen molar-refractivity contribution in [2.75, 3.05) is 12.4 Å². The largest absolute Gasteiger partial charge is 0.495 e. The first-order chi connectivity index (χ1) is 12.9. The van der Waals surface area contributed by atoms with E-state index >= 15 is 0 Å². The number of hydrogen-bond donors (Lipinski definition) is 1. The van der Waals surface area contributed by atoms with Gasteiger partial charge in [-0.15, -0.1) is 16.9 Å². The normalized spacial score (nSPS) is 11.1. The lowest BCUT2D eigenvalue weighted by molar-refractivity contribution is -0.117. The molecule has 0 spiro atoms. The van der Waals surface area contributed by atoms with E-state index in [0.29, 0.717) is 27.4 Å². The quantitative estimate of drug-likeness (QED) is 0.632. The molecule has 0 bridgehead atoms. The molecule has 0 saturated heterocycles. The van der Waals surface area contributed by atoms with E-state index < -0.39 is 11.6 Å². The molecule has 8 nitrogen and oxygen atoms in total. The number of methoxy groups -OCH3 is 1. The fourth-order valence-corrected chi connectivity index (χ4v) is 3.40. The van der Waals surface area contributed by atoms with Gasteiger partial charge in [0, 0.05) is 10.9 Å². The number of fused-ring (bicyclic) bond motifs is 1. The van der Waals surface area contributed by atoms with Crippen molar-refractivity contribution in [2.24, 2.45) is 0 Å². The summed E-state index contributed by atoms with van der Waals surface area (Å²) in [5.41, 5.74) is 0.406. The van der Waals surface area contributed by atoms with Gasteiger partial charge in [0.1, 0.15) is 17.3 Å². The molecule has 3 rings (SSSR count). The van der Waals surface area contributed by atoms with Crippen molar-refractivity contribution in [3.63, 3.8) is 0 Å². The van der Waals surface area contributed by atoms with Crippen LogP contribution in [0, 0.1) is 0 Å². The minimum absolute atomic E-state index is 0.238. The molecule has 0 aliphatic rings. The number of amides is 1. The fourth-order valence-electron chi connectivity index (χ4n) is 2.38. The zero-order valence-corrected chi connectivity index (χ0v) is 16.5. The number of nitrogens with one attached hydrogen (secondary N) is 1. The monoisotopic (exact) mass is 407 g/mol. The van der Waals surface area contributed by atoms with Gasteiger partial charge in [0.15, 0.2) is 5.65 Å². The number of carbonyl (C=O) groups is 1. The summed E-state index contributed by atoms with van der Waals surface area (Å²) in [6, 6.07) is 8.38. The molecule has 1 aromatic carbocycles. The second-order valence-corrected chi connectivity index (χ2v) is 7.95. The third-order valence-electron chi connectivity index (χ3n) is 3.50. The molecule has 2 heterocycles. The van der Waals surface area contributed by atoms with Crippen LogP contribution in [0.2, 0.25) is 5.02 Å². The van der Waals surface area contributed by atoms with Gasteiger partial charge in [-0.2, -0.15) is 9.61 Å². The Balaban J connectivity index is 1.77. The summed E-state index contributed by atoms with van der Waals surface area (Å²) in [6.45, 7) is 3.84. The maximum absolute atomic E-state index is 12.5. The van der Waals surface area contributed by atoms with Gasteiger partial charge in [0.2, 0.25) is 5.91 Å². The first-order valence-electron chi connectivity index (χ1n) is 8.14. The van der Waals surface area contributed by atoms with E-state index in [-0.39, 0.29) is 6.54 Å². The summed E-state index contributed by atoms with van der Waals surface area (Å²) in [5, 5.41) is 12.5. The van der Waals surface area contributed by atoms with Crippen molar-refractivity contribution in [3.8, 4) is 5.75 Å². The molecule has 1 N–H and O–H groups in total. The SMILES string of the molecule is COc1ccc(NC(=O)Cn2nc3ccc(SC(C)C)nn3c2=O)cc1Cl. The summed E-state index contributed by atoms with van der Waals surface area (Å²) < 4.78 is 7.34. The topological polar surface area (TPSA) is 90.5 Å². The van der Waals surface area contributed by atoms with Gasteiger partial charge in [-0.05, 0) is 30.3 Å². The van der Waals surface area contributed by atoms with E-state index in [0.717, 1.165) is 9.71 Å². The third kappa shape index (κ3) is 4.42. The number of thioether (sulfide) groups is 1. The van der Waals surface area contributed by atoms with Crippen LogP contribution in [0.1, 0.15) is 13.8 Å². The van der Waals surface area contributed by atoms with Crippen molar-refractivity contribution in [2.45, 2.75) is 30.7 Å². The second kappa shape index (κ2) is 8.01. The van der Waals surface area contributed by atoms with Crippen LogP contribution in [-0.2, 0) is 11.3 Å². The number of benzene rings is 1. The molecule has 0 aliphatic heterocycles. The summed E-state index contributed by atoms with van der Waals surface area (Å²) in [6.07, 6.45) is 0. The number of aromatic nitrogens is 4. The van der Waals surface area contributed by atoms with E-state index in [9.17, 15) is 9.59 Å². The second-order valence-electron chi connectivity index (χ2n) is 5.95. The zero-order valence-electron chi connectivity index (χ0n) is 15.0. The number of hydrogen-bond acceptors (Lipinski definition) is 6. The fraction of sp³-hybridized carbons (Fsp3) is 0.294. The molecule has 0 saturated carbocycles. The van der Waals surface area contributed by atoms with Crippen LogP contribution in [0.4, 0.5) is 5.69 Å². The van der Waals surface area contributed by atoms with Gasteiger partial charge in [-0.3, -0.25) is 4.79 Å². The highest BCUT2D eigenvalue weighted by molar-refractivity contribution is 7.99. The number of rotatable bonds is 6. The number of anilines is 1. The van der Waals surface area contributed by atoms with E-state index in [2.05, 4.69) is 15.5 Å². The van der Waals surface area contributed by atoms with Crippen LogP contribution < -0.4 is 15.7 Å². The minimum Gasteiger partial charge on any atom is -0.495 e. The lowest BCUT2D eigenvalue weighted by atomic mass is 10.3. The highest BCUT2D eigenvalue weighted by atomic mass is 35.5. The molecule has 10 heteroatoms. The Bertz CT molecular complexity index is 1050. The number of ether oxygens (including phenoxy) is 1. The lowest BCUT2D eigenvalue weighted by Gasteiger charge is -2.07. The first kappa shape index (κ1) is 19.2. The Kier molecular flexibility index (Phi) is 5.71. The van der Waals surface area contributed by atoms with Gasteiger partial charge < -0.3 is 10.1 Å². The van der Waals surface area contributed by atoms with Crippen molar-refractivity contribution < 1.29 is 9.53 Å². The maximum Gasteiger partial charge on any atom is 0.367 e. The standard InChI is InChI=1S/C17H18ClN5O3S/c1-10(2)27-16-7-6-14-20-22(17(25)23(14)21-16)9-15(24)19-11-4-5-13(26-3)12(18)8-11/h4-8,10H,9H2,1-3H3,(H,19,24). The highest BCUT2D eigenvalue weighted by Crippen LogP contribution is 2.27.